The predicted molar refractivity (Wildman–Crippen MR) is 92.3 cm³/mol. The Hall–Kier alpha value is -2.96. The lowest BCUT2D eigenvalue weighted by Crippen LogP contribution is -2.37. The molecular formula is C18H19N5O2. The van der Waals surface area contributed by atoms with E-state index in [2.05, 4.69) is 15.3 Å². The lowest BCUT2D eigenvalue weighted by atomic mass is 10.0. The SMILES string of the molecule is Cn1cc(C(=O)CC2CCCN2C(=O)c2n[nH]c3ccccc23)cn1. The van der Waals surface area contributed by atoms with E-state index < -0.39 is 0 Å². The number of H-pyrrole nitrogens is 1. The fourth-order valence-electron chi connectivity index (χ4n) is 3.47. The zero-order valence-corrected chi connectivity index (χ0v) is 14.0. The van der Waals surface area contributed by atoms with Gasteiger partial charge in [0, 0.05) is 37.6 Å². The number of benzene rings is 1. The normalized spacial score (nSPS) is 17.3. The Kier molecular flexibility index (Phi) is 3.83. The van der Waals surface area contributed by atoms with E-state index in [1.165, 1.54) is 0 Å². The first-order valence-corrected chi connectivity index (χ1v) is 8.39. The summed E-state index contributed by atoms with van der Waals surface area (Å²) in [6.45, 7) is 0.658. The number of ketones is 1. The first kappa shape index (κ1) is 15.6. The molecule has 128 valence electrons. The fraction of sp³-hybridized carbons (Fsp3) is 0.333. The molecule has 7 nitrogen and oxygen atoms in total. The summed E-state index contributed by atoms with van der Waals surface area (Å²) >= 11 is 0. The predicted octanol–water partition coefficient (Wildman–Crippen LogP) is 2.17. The number of hydrogen-bond donors (Lipinski definition) is 1. The summed E-state index contributed by atoms with van der Waals surface area (Å²) in [5, 5.41) is 12.0. The van der Waals surface area contributed by atoms with Crippen LogP contribution in [0.3, 0.4) is 0 Å². The van der Waals surface area contributed by atoms with Crippen LogP contribution >= 0.6 is 0 Å². The lowest BCUT2D eigenvalue weighted by molar-refractivity contribution is 0.0713. The van der Waals surface area contributed by atoms with E-state index >= 15 is 0 Å². The van der Waals surface area contributed by atoms with Gasteiger partial charge in [0.25, 0.3) is 5.91 Å². The summed E-state index contributed by atoms with van der Waals surface area (Å²) in [5.41, 5.74) is 1.86. The molecule has 4 rings (SSSR count). The molecule has 2 aromatic heterocycles. The minimum atomic E-state index is -0.112. The molecule has 1 aromatic carbocycles. The number of likely N-dealkylation sites (tertiary alicyclic amines) is 1. The Morgan fingerprint density at radius 2 is 2.16 bits per heavy atom. The number of carbonyl (C=O) groups is 2. The van der Waals surface area contributed by atoms with Crippen LogP contribution in [0, 0.1) is 0 Å². The van der Waals surface area contributed by atoms with E-state index in [9.17, 15) is 9.59 Å². The summed E-state index contributed by atoms with van der Waals surface area (Å²) < 4.78 is 1.61. The highest BCUT2D eigenvalue weighted by molar-refractivity contribution is 6.05. The third-order valence-corrected chi connectivity index (χ3v) is 4.76. The molecule has 7 heteroatoms. The molecule has 0 bridgehead atoms. The van der Waals surface area contributed by atoms with Crippen molar-refractivity contribution in [3.05, 3.63) is 47.9 Å². The maximum atomic E-state index is 13.0. The van der Waals surface area contributed by atoms with Crippen LogP contribution < -0.4 is 0 Å². The topological polar surface area (TPSA) is 83.9 Å². The van der Waals surface area contributed by atoms with Gasteiger partial charge in [-0.2, -0.15) is 10.2 Å². The van der Waals surface area contributed by atoms with Gasteiger partial charge >= 0.3 is 0 Å². The third kappa shape index (κ3) is 2.82. The number of Topliss-reactive ketones (excluding diaryl/α,β-unsaturated/α-hetero) is 1. The molecule has 1 aliphatic rings. The zero-order valence-electron chi connectivity index (χ0n) is 14.0. The number of amides is 1. The van der Waals surface area contributed by atoms with Crippen LogP contribution in [0.2, 0.25) is 0 Å². The van der Waals surface area contributed by atoms with Gasteiger partial charge in [0.2, 0.25) is 0 Å². The van der Waals surface area contributed by atoms with Crippen LogP contribution in [-0.2, 0) is 7.05 Å². The molecule has 0 aliphatic carbocycles. The number of aromatic amines is 1. The monoisotopic (exact) mass is 337 g/mol. The van der Waals surface area contributed by atoms with Gasteiger partial charge in [-0.15, -0.1) is 0 Å². The molecule has 25 heavy (non-hydrogen) atoms. The second kappa shape index (κ2) is 6.16. The number of carbonyl (C=O) groups excluding carboxylic acids is 2. The van der Waals surface area contributed by atoms with Gasteiger partial charge in [-0.3, -0.25) is 19.4 Å². The minimum absolute atomic E-state index is 0.0182. The second-order valence-corrected chi connectivity index (χ2v) is 6.44. The Morgan fingerprint density at radius 3 is 2.96 bits per heavy atom. The van der Waals surface area contributed by atoms with Crippen LogP contribution in [-0.4, -0.2) is 49.2 Å². The van der Waals surface area contributed by atoms with Crippen molar-refractivity contribution >= 4 is 22.6 Å². The van der Waals surface area contributed by atoms with Gasteiger partial charge in [-0.05, 0) is 18.9 Å². The second-order valence-electron chi connectivity index (χ2n) is 6.44. The van der Waals surface area contributed by atoms with E-state index in [4.69, 9.17) is 0 Å². The number of fused-ring (bicyclic) bond motifs is 1. The molecule has 1 N–H and O–H groups in total. The van der Waals surface area contributed by atoms with Gasteiger partial charge in [-0.25, -0.2) is 0 Å². The summed E-state index contributed by atoms with van der Waals surface area (Å²) in [6.07, 6.45) is 5.34. The third-order valence-electron chi connectivity index (χ3n) is 4.76. The summed E-state index contributed by atoms with van der Waals surface area (Å²) in [7, 11) is 1.78. The van der Waals surface area contributed by atoms with Gasteiger partial charge in [0.05, 0.1) is 17.3 Å². The molecule has 0 spiro atoms. The molecule has 1 saturated heterocycles. The summed E-state index contributed by atoms with van der Waals surface area (Å²) in [4.78, 5) is 27.2. The molecule has 0 saturated carbocycles. The molecule has 1 fully saturated rings. The number of rotatable bonds is 4. The van der Waals surface area contributed by atoms with E-state index in [1.807, 2.05) is 24.3 Å². The highest BCUT2D eigenvalue weighted by atomic mass is 16.2. The van der Waals surface area contributed by atoms with E-state index in [-0.39, 0.29) is 17.7 Å². The molecule has 3 heterocycles. The highest BCUT2D eigenvalue weighted by Crippen LogP contribution is 2.25. The minimum Gasteiger partial charge on any atom is -0.334 e. The van der Waals surface area contributed by atoms with Gasteiger partial charge in [0.15, 0.2) is 11.5 Å². The van der Waals surface area contributed by atoms with Gasteiger partial charge < -0.3 is 4.90 Å². The molecule has 1 amide bonds. The Bertz CT molecular complexity index is 942. The molecule has 1 aliphatic heterocycles. The van der Waals surface area contributed by atoms with E-state index in [1.54, 1.807) is 29.0 Å². The molecule has 0 radical (unpaired) electrons. The maximum Gasteiger partial charge on any atom is 0.275 e. The van der Waals surface area contributed by atoms with Crippen LogP contribution in [0.15, 0.2) is 36.7 Å². The van der Waals surface area contributed by atoms with Crippen molar-refractivity contribution < 1.29 is 9.59 Å². The lowest BCUT2D eigenvalue weighted by Gasteiger charge is -2.23. The van der Waals surface area contributed by atoms with Crippen LogP contribution in [0.25, 0.3) is 10.9 Å². The number of hydrogen-bond acceptors (Lipinski definition) is 4. The largest absolute Gasteiger partial charge is 0.334 e. The van der Waals surface area contributed by atoms with Crippen molar-refractivity contribution in [3.8, 4) is 0 Å². The number of aromatic nitrogens is 4. The Labute approximate surface area is 144 Å². The summed E-state index contributed by atoms with van der Waals surface area (Å²) in [6, 6.07) is 7.49. The van der Waals surface area contributed by atoms with Crippen LogP contribution in [0.5, 0.6) is 0 Å². The number of nitrogens with one attached hydrogen (secondary N) is 1. The van der Waals surface area contributed by atoms with Crippen LogP contribution in [0.1, 0.15) is 40.1 Å². The maximum absolute atomic E-state index is 13.0. The Balaban J connectivity index is 1.55. The molecule has 1 atom stereocenters. The smallest absolute Gasteiger partial charge is 0.275 e. The molecule has 3 aromatic rings. The van der Waals surface area contributed by atoms with Crippen molar-refractivity contribution in [2.24, 2.45) is 7.05 Å². The first-order valence-electron chi connectivity index (χ1n) is 8.39. The van der Waals surface area contributed by atoms with E-state index in [0.29, 0.717) is 24.2 Å². The number of aryl methyl sites for hydroxylation is 1. The number of para-hydroxylation sites is 1. The van der Waals surface area contributed by atoms with Crippen molar-refractivity contribution in [2.75, 3.05) is 6.54 Å². The Morgan fingerprint density at radius 1 is 1.32 bits per heavy atom. The van der Waals surface area contributed by atoms with E-state index in [0.717, 1.165) is 23.7 Å². The standard InChI is InChI=1S/C18H19N5O2/c1-22-11-12(10-19-22)16(24)9-13-5-4-8-23(13)18(25)17-14-6-2-3-7-15(14)20-21-17/h2-3,6-7,10-11,13H,4-5,8-9H2,1H3,(H,20,21). The highest BCUT2D eigenvalue weighted by Gasteiger charge is 2.33. The average molecular weight is 337 g/mol. The van der Waals surface area contributed by atoms with Gasteiger partial charge in [0.1, 0.15) is 0 Å². The number of nitrogens with zero attached hydrogens (tertiary/aromatic N) is 4. The van der Waals surface area contributed by atoms with Crippen molar-refractivity contribution in [2.45, 2.75) is 25.3 Å². The van der Waals surface area contributed by atoms with Crippen LogP contribution in [0.4, 0.5) is 0 Å². The molecule has 1 unspecified atom stereocenters. The quantitative estimate of drug-likeness (QED) is 0.740. The van der Waals surface area contributed by atoms with Crippen molar-refractivity contribution in [1.82, 2.24) is 24.9 Å². The first-order chi connectivity index (χ1) is 12.1. The zero-order chi connectivity index (χ0) is 17.4. The van der Waals surface area contributed by atoms with Crippen molar-refractivity contribution in [3.63, 3.8) is 0 Å². The summed E-state index contributed by atoms with van der Waals surface area (Å²) in [5.74, 6) is -0.0939. The fourth-order valence-corrected chi connectivity index (χ4v) is 3.47. The van der Waals surface area contributed by atoms with Gasteiger partial charge in [-0.1, -0.05) is 18.2 Å². The molecular weight excluding hydrogens is 318 g/mol. The van der Waals surface area contributed by atoms with Crippen molar-refractivity contribution in [1.29, 1.82) is 0 Å². The average Bonchev–Trinajstić information content (AvgIpc) is 3.33.